The maximum Gasteiger partial charge on any atom is 0.251 e. The van der Waals surface area contributed by atoms with Crippen LogP contribution in [0.4, 0.5) is 0 Å². The molecule has 120 valence electrons. The SMILES string of the molecule is C[C@H](OCc1ccccc1)C(=O)N1C[C@H](C(N)=O)CC[C@@H]1C. The van der Waals surface area contributed by atoms with Crippen LogP contribution in [0.25, 0.3) is 0 Å². The maximum absolute atomic E-state index is 12.5. The van der Waals surface area contributed by atoms with E-state index in [0.717, 1.165) is 18.4 Å². The second-order valence-electron chi connectivity index (χ2n) is 5.96. The highest BCUT2D eigenvalue weighted by atomic mass is 16.5. The van der Waals surface area contributed by atoms with Crippen LogP contribution in [-0.2, 0) is 20.9 Å². The van der Waals surface area contributed by atoms with Gasteiger partial charge in [0.15, 0.2) is 0 Å². The molecule has 1 saturated heterocycles. The first kappa shape index (κ1) is 16.5. The van der Waals surface area contributed by atoms with Crippen LogP contribution in [0.15, 0.2) is 30.3 Å². The summed E-state index contributed by atoms with van der Waals surface area (Å²) in [5.74, 6) is -0.654. The molecule has 22 heavy (non-hydrogen) atoms. The first-order valence-corrected chi connectivity index (χ1v) is 7.74. The molecule has 0 aliphatic carbocycles. The highest BCUT2D eigenvalue weighted by Crippen LogP contribution is 2.23. The highest BCUT2D eigenvalue weighted by Gasteiger charge is 2.33. The summed E-state index contributed by atoms with van der Waals surface area (Å²) >= 11 is 0. The van der Waals surface area contributed by atoms with E-state index in [1.54, 1.807) is 11.8 Å². The van der Waals surface area contributed by atoms with E-state index in [1.807, 2.05) is 37.3 Å². The zero-order valence-electron chi connectivity index (χ0n) is 13.2. The van der Waals surface area contributed by atoms with Crippen molar-refractivity contribution in [3.8, 4) is 0 Å². The Morgan fingerprint density at radius 1 is 1.32 bits per heavy atom. The third kappa shape index (κ3) is 4.07. The minimum atomic E-state index is -0.533. The fourth-order valence-corrected chi connectivity index (χ4v) is 2.75. The van der Waals surface area contributed by atoms with Crippen molar-refractivity contribution in [3.05, 3.63) is 35.9 Å². The third-order valence-corrected chi connectivity index (χ3v) is 4.26. The average molecular weight is 304 g/mol. The lowest BCUT2D eigenvalue weighted by atomic mass is 9.92. The summed E-state index contributed by atoms with van der Waals surface area (Å²) in [6, 6.07) is 9.86. The molecule has 0 saturated carbocycles. The predicted octanol–water partition coefficient (Wildman–Crippen LogP) is 1.70. The van der Waals surface area contributed by atoms with E-state index in [4.69, 9.17) is 10.5 Å². The minimum absolute atomic E-state index is 0.0746. The van der Waals surface area contributed by atoms with E-state index in [1.165, 1.54) is 0 Å². The molecular weight excluding hydrogens is 280 g/mol. The maximum atomic E-state index is 12.5. The topological polar surface area (TPSA) is 72.6 Å². The van der Waals surface area contributed by atoms with E-state index in [-0.39, 0.29) is 23.8 Å². The Labute approximate surface area is 131 Å². The quantitative estimate of drug-likeness (QED) is 0.900. The van der Waals surface area contributed by atoms with Crippen LogP contribution in [0.5, 0.6) is 0 Å². The molecule has 3 atom stereocenters. The van der Waals surface area contributed by atoms with Gasteiger partial charge in [-0.25, -0.2) is 0 Å². The molecule has 1 heterocycles. The summed E-state index contributed by atoms with van der Waals surface area (Å²) in [6.45, 7) is 4.55. The zero-order chi connectivity index (χ0) is 16.1. The van der Waals surface area contributed by atoms with Crippen molar-refractivity contribution in [2.45, 2.75) is 45.4 Å². The summed E-state index contributed by atoms with van der Waals surface area (Å²) in [7, 11) is 0. The number of carbonyl (C=O) groups is 2. The molecular formula is C17H24N2O3. The first-order chi connectivity index (χ1) is 10.5. The number of rotatable bonds is 5. The van der Waals surface area contributed by atoms with Crippen LogP contribution in [0.2, 0.25) is 0 Å². The van der Waals surface area contributed by atoms with Crippen LogP contribution in [-0.4, -0.2) is 35.4 Å². The molecule has 0 spiro atoms. The number of primary amides is 1. The molecule has 0 aromatic heterocycles. The van der Waals surface area contributed by atoms with E-state index >= 15 is 0 Å². The molecule has 5 heteroatoms. The van der Waals surface area contributed by atoms with Gasteiger partial charge in [0.05, 0.1) is 12.5 Å². The van der Waals surface area contributed by atoms with Gasteiger partial charge in [0.25, 0.3) is 5.91 Å². The molecule has 2 rings (SSSR count). The number of nitrogens with zero attached hydrogens (tertiary/aromatic N) is 1. The van der Waals surface area contributed by atoms with Gasteiger partial charge in [-0.3, -0.25) is 9.59 Å². The van der Waals surface area contributed by atoms with E-state index in [0.29, 0.717) is 13.2 Å². The molecule has 1 fully saturated rings. The Bertz CT molecular complexity index is 518. The molecule has 2 amide bonds. The van der Waals surface area contributed by atoms with Crippen molar-refractivity contribution < 1.29 is 14.3 Å². The van der Waals surface area contributed by atoms with Gasteiger partial charge in [-0.15, -0.1) is 0 Å². The fraction of sp³-hybridized carbons (Fsp3) is 0.529. The molecule has 2 N–H and O–H groups in total. The highest BCUT2D eigenvalue weighted by molar-refractivity contribution is 5.83. The van der Waals surface area contributed by atoms with Gasteiger partial charge in [-0.05, 0) is 32.3 Å². The third-order valence-electron chi connectivity index (χ3n) is 4.26. The van der Waals surface area contributed by atoms with Gasteiger partial charge in [0, 0.05) is 12.6 Å². The van der Waals surface area contributed by atoms with Crippen LogP contribution in [0.1, 0.15) is 32.3 Å². The molecule has 1 aromatic carbocycles. The molecule has 1 aliphatic heterocycles. The van der Waals surface area contributed by atoms with Crippen molar-refractivity contribution in [3.63, 3.8) is 0 Å². The summed E-state index contributed by atoms with van der Waals surface area (Å²) in [4.78, 5) is 25.6. The van der Waals surface area contributed by atoms with Crippen LogP contribution in [0.3, 0.4) is 0 Å². The number of ether oxygens (including phenoxy) is 1. The Morgan fingerprint density at radius 2 is 2.00 bits per heavy atom. The van der Waals surface area contributed by atoms with Crippen LogP contribution < -0.4 is 5.73 Å². The van der Waals surface area contributed by atoms with E-state index in [2.05, 4.69) is 0 Å². The van der Waals surface area contributed by atoms with Crippen molar-refractivity contribution in [2.75, 3.05) is 6.54 Å². The lowest BCUT2D eigenvalue weighted by molar-refractivity contribution is -0.148. The number of amides is 2. The number of hydrogen-bond acceptors (Lipinski definition) is 3. The standard InChI is InChI=1S/C17H24N2O3/c1-12-8-9-15(16(18)20)10-19(12)17(21)13(2)22-11-14-6-4-3-5-7-14/h3-7,12-13,15H,8-11H2,1-2H3,(H2,18,20)/t12-,13-,15+/m0/s1. The summed E-state index contributed by atoms with van der Waals surface area (Å²) < 4.78 is 5.68. The average Bonchev–Trinajstić information content (AvgIpc) is 2.53. The number of piperidine rings is 1. The van der Waals surface area contributed by atoms with Crippen molar-refractivity contribution in [1.29, 1.82) is 0 Å². The van der Waals surface area contributed by atoms with Crippen molar-refractivity contribution >= 4 is 11.8 Å². The Hall–Kier alpha value is -1.88. The Morgan fingerprint density at radius 3 is 2.64 bits per heavy atom. The smallest absolute Gasteiger partial charge is 0.251 e. The number of benzene rings is 1. The van der Waals surface area contributed by atoms with Gasteiger partial charge in [0.1, 0.15) is 6.10 Å². The van der Waals surface area contributed by atoms with E-state index < -0.39 is 6.10 Å². The number of nitrogens with two attached hydrogens (primary N) is 1. The summed E-state index contributed by atoms with van der Waals surface area (Å²) in [6.07, 6.45) is 1.01. The summed E-state index contributed by atoms with van der Waals surface area (Å²) in [5, 5.41) is 0. The lowest BCUT2D eigenvalue weighted by Crippen LogP contribution is -2.51. The Balaban J connectivity index is 1.92. The molecule has 1 aromatic rings. The molecule has 0 radical (unpaired) electrons. The van der Waals surface area contributed by atoms with Crippen molar-refractivity contribution in [1.82, 2.24) is 4.90 Å². The zero-order valence-corrected chi connectivity index (χ0v) is 13.2. The normalized spacial score (nSPS) is 23.1. The molecule has 0 bridgehead atoms. The number of carbonyl (C=O) groups excluding carboxylic acids is 2. The molecule has 1 aliphatic rings. The Kier molecular flexibility index (Phi) is 5.55. The van der Waals surface area contributed by atoms with Gasteiger partial charge >= 0.3 is 0 Å². The minimum Gasteiger partial charge on any atom is -0.369 e. The van der Waals surface area contributed by atoms with Gasteiger partial charge < -0.3 is 15.4 Å². The van der Waals surface area contributed by atoms with Gasteiger partial charge in [-0.1, -0.05) is 30.3 Å². The second kappa shape index (κ2) is 7.40. The predicted molar refractivity (Wildman–Crippen MR) is 83.8 cm³/mol. The molecule has 5 nitrogen and oxygen atoms in total. The van der Waals surface area contributed by atoms with E-state index in [9.17, 15) is 9.59 Å². The summed E-state index contributed by atoms with van der Waals surface area (Å²) in [5.41, 5.74) is 6.41. The number of hydrogen-bond donors (Lipinski definition) is 1. The van der Waals surface area contributed by atoms with Crippen LogP contribution >= 0.6 is 0 Å². The van der Waals surface area contributed by atoms with Gasteiger partial charge in [-0.2, -0.15) is 0 Å². The number of likely N-dealkylation sites (tertiary alicyclic amines) is 1. The van der Waals surface area contributed by atoms with Crippen molar-refractivity contribution in [2.24, 2.45) is 11.7 Å². The molecule has 0 unspecified atom stereocenters. The first-order valence-electron chi connectivity index (χ1n) is 7.74. The largest absolute Gasteiger partial charge is 0.369 e. The monoisotopic (exact) mass is 304 g/mol. The fourth-order valence-electron chi connectivity index (χ4n) is 2.75. The lowest BCUT2D eigenvalue weighted by Gasteiger charge is -2.38. The second-order valence-corrected chi connectivity index (χ2v) is 5.96. The van der Waals surface area contributed by atoms with Crippen LogP contribution in [0, 0.1) is 5.92 Å². The van der Waals surface area contributed by atoms with Gasteiger partial charge in [0.2, 0.25) is 5.91 Å².